The molecule has 1 saturated heterocycles. The predicted octanol–water partition coefficient (Wildman–Crippen LogP) is 5.29. The molecule has 242 valence electrons. The topological polar surface area (TPSA) is 142 Å². The Morgan fingerprint density at radius 3 is 2.29 bits per heavy atom. The van der Waals surface area contributed by atoms with Gasteiger partial charge < -0.3 is 19.6 Å². The van der Waals surface area contributed by atoms with Crippen molar-refractivity contribution in [1.29, 1.82) is 0 Å². The van der Waals surface area contributed by atoms with Crippen molar-refractivity contribution in [3.05, 3.63) is 70.4 Å². The van der Waals surface area contributed by atoms with Crippen LogP contribution in [0.5, 0.6) is 0 Å². The molecule has 45 heavy (non-hydrogen) atoms. The van der Waals surface area contributed by atoms with Crippen molar-refractivity contribution in [3.63, 3.8) is 0 Å². The van der Waals surface area contributed by atoms with Gasteiger partial charge in [0.25, 0.3) is 15.9 Å². The van der Waals surface area contributed by atoms with E-state index in [-0.39, 0.29) is 47.1 Å². The minimum absolute atomic E-state index is 0.0100. The number of β-amino-alcohol motifs (C(OH)–C–C–N with tert-alkyl or cyclic N) is 1. The molecule has 1 unspecified atom stereocenters. The van der Waals surface area contributed by atoms with Crippen LogP contribution in [-0.4, -0.2) is 82.7 Å². The Morgan fingerprint density at radius 2 is 1.67 bits per heavy atom. The van der Waals surface area contributed by atoms with Crippen molar-refractivity contribution in [2.75, 3.05) is 24.4 Å². The van der Waals surface area contributed by atoms with Crippen LogP contribution in [0.3, 0.4) is 0 Å². The number of aromatic nitrogens is 2. The number of hydrogen-bond donors (Lipinski definition) is 2. The number of ether oxygens (including phenoxy) is 1. The summed E-state index contributed by atoms with van der Waals surface area (Å²) in [5.41, 5.74) is 2.54. The van der Waals surface area contributed by atoms with Crippen LogP contribution < -0.4 is 4.72 Å². The zero-order valence-electron chi connectivity index (χ0n) is 26.5. The van der Waals surface area contributed by atoms with E-state index in [1.54, 1.807) is 26.8 Å². The molecule has 13 heteroatoms. The van der Waals surface area contributed by atoms with Gasteiger partial charge in [-0.2, -0.15) is 0 Å². The lowest BCUT2D eigenvalue weighted by molar-refractivity contribution is 0.0166. The SMILES string of the molecule is Cc1cccc(C)c1-c1cc(Cl)nc(NS(=O)(=O)c2cccc(C(=O)N3C[C@H](O)CN(C(=O)OC(C)(C)C)CC3C(C)C)c2)n1. The molecule has 3 aromatic rings. The smallest absolute Gasteiger partial charge is 0.410 e. The summed E-state index contributed by atoms with van der Waals surface area (Å²) in [6, 6.07) is 12.5. The lowest BCUT2D eigenvalue weighted by atomic mass is 10.00. The minimum atomic E-state index is -4.24. The lowest BCUT2D eigenvalue weighted by Gasteiger charge is -2.35. The van der Waals surface area contributed by atoms with Crippen LogP contribution in [0, 0.1) is 19.8 Å². The molecule has 1 fully saturated rings. The third-order valence-corrected chi connectivity index (χ3v) is 8.90. The molecule has 4 rings (SSSR count). The minimum Gasteiger partial charge on any atom is -0.444 e. The highest BCUT2D eigenvalue weighted by Gasteiger charge is 2.37. The number of sulfonamides is 1. The molecule has 2 heterocycles. The number of carbonyl (C=O) groups is 2. The number of benzene rings is 2. The van der Waals surface area contributed by atoms with Gasteiger partial charge in [0.15, 0.2) is 0 Å². The molecule has 2 N–H and O–H groups in total. The second-order valence-electron chi connectivity index (χ2n) is 12.6. The number of carbonyl (C=O) groups excluding carboxylic acids is 2. The van der Waals surface area contributed by atoms with Gasteiger partial charge in [-0.15, -0.1) is 0 Å². The average Bonchev–Trinajstić information content (AvgIpc) is 3.10. The summed E-state index contributed by atoms with van der Waals surface area (Å²) in [4.78, 5) is 38.0. The molecule has 1 aliphatic rings. The second kappa shape index (κ2) is 13.3. The van der Waals surface area contributed by atoms with Gasteiger partial charge in [0.05, 0.1) is 29.3 Å². The Labute approximate surface area is 269 Å². The number of rotatable bonds is 6. The average molecular weight is 658 g/mol. The van der Waals surface area contributed by atoms with Crippen molar-refractivity contribution < 1.29 is 27.9 Å². The Bertz CT molecular complexity index is 1670. The molecule has 2 amide bonds. The highest BCUT2D eigenvalue weighted by molar-refractivity contribution is 7.92. The number of nitrogens with one attached hydrogen (secondary N) is 1. The molecule has 0 radical (unpaired) electrons. The number of hydrogen-bond acceptors (Lipinski definition) is 8. The maximum absolute atomic E-state index is 13.9. The Hall–Kier alpha value is -3.74. The number of aryl methyl sites for hydroxylation is 2. The molecular weight excluding hydrogens is 618 g/mol. The first-order chi connectivity index (χ1) is 20.9. The first-order valence-corrected chi connectivity index (χ1v) is 16.5. The number of anilines is 1. The summed E-state index contributed by atoms with van der Waals surface area (Å²) in [5, 5.41) is 10.9. The van der Waals surface area contributed by atoms with Gasteiger partial charge in [0.1, 0.15) is 10.8 Å². The highest BCUT2D eigenvalue weighted by atomic mass is 35.5. The summed E-state index contributed by atoms with van der Waals surface area (Å²) in [5.74, 6) is -0.786. The van der Waals surface area contributed by atoms with Crippen LogP contribution in [0.25, 0.3) is 11.3 Å². The molecule has 1 aromatic heterocycles. The molecule has 0 aliphatic carbocycles. The van der Waals surface area contributed by atoms with Gasteiger partial charge in [0, 0.05) is 30.3 Å². The van der Waals surface area contributed by atoms with Gasteiger partial charge in [-0.05, 0) is 69.9 Å². The fourth-order valence-electron chi connectivity index (χ4n) is 5.30. The zero-order valence-corrected chi connectivity index (χ0v) is 28.1. The molecule has 11 nitrogen and oxygen atoms in total. The van der Waals surface area contributed by atoms with E-state index in [9.17, 15) is 23.1 Å². The number of amides is 2. The van der Waals surface area contributed by atoms with Crippen LogP contribution in [-0.2, 0) is 14.8 Å². The summed E-state index contributed by atoms with van der Waals surface area (Å²) >= 11 is 6.27. The molecule has 1 aliphatic heterocycles. The van der Waals surface area contributed by atoms with E-state index < -0.39 is 39.8 Å². The largest absolute Gasteiger partial charge is 0.444 e. The number of aliphatic hydroxyl groups is 1. The van der Waals surface area contributed by atoms with Crippen molar-refractivity contribution >= 4 is 39.6 Å². The number of aliphatic hydroxyl groups excluding tert-OH is 1. The maximum Gasteiger partial charge on any atom is 0.410 e. The second-order valence-corrected chi connectivity index (χ2v) is 14.7. The highest BCUT2D eigenvalue weighted by Crippen LogP contribution is 2.29. The Kier molecular flexibility index (Phi) is 10.1. The van der Waals surface area contributed by atoms with E-state index in [0.29, 0.717) is 5.69 Å². The Morgan fingerprint density at radius 1 is 1.02 bits per heavy atom. The summed E-state index contributed by atoms with van der Waals surface area (Å²) in [6.45, 7) is 13.0. The normalized spacial score (nSPS) is 17.6. The van der Waals surface area contributed by atoms with Crippen LogP contribution in [0.2, 0.25) is 5.15 Å². The van der Waals surface area contributed by atoms with Crippen LogP contribution in [0.4, 0.5) is 10.7 Å². The van der Waals surface area contributed by atoms with E-state index in [2.05, 4.69) is 14.7 Å². The van der Waals surface area contributed by atoms with E-state index in [4.69, 9.17) is 16.3 Å². The van der Waals surface area contributed by atoms with E-state index in [1.165, 1.54) is 34.1 Å². The summed E-state index contributed by atoms with van der Waals surface area (Å²) in [6.07, 6.45) is -1.62. The van der Waals surface area contributed by atoms with Gasteiger partial charge in [-0.1, -0.05) is 49.7 Å². The quantitative estimate of drug-likeness (QED) is 0.341. The van der Waals surface area contributed by atoms with Crippen molar-refractivity contribution in [1.82, 2.24) is 19.8 Å². The van der Waals surface area contributed by atoms with E-state index >= 15 is 0 Å². The molecule has 0 spiro atoms. The number of nitrogens with zero attached hydrogens (tertiary/aromatic N) is 4. The summed E-state index contributed by atoms with van der Waals surface area (Å²) in [7, 11) is -4.24. The third-order valence-electron chi connectivity index (χ3n) is 7.38. The lowest BCUT2D eigenvalue weighted by Crippen LogP contribution is -2.49. The van der Waals surface area contributed by atoms with Crippen LogP contribution >= 0.6 is 11.6 Å². The maximum atomic E-state index is 13.9. The molecule has 2 atom stereocenters. The Balaban J connectivity index is 1.61. The standard InChI is InChI=1S/C32H40ClN5O6S/c1-19(2)26-18-37(31(41)44-32(5,6)7)16-23(39)17-38(26)29(40)22-12-9-13-24(14-22)45(42,43)36-30-34-25(15-27(33)35-30)28-20(3)10-8-11-21(28)4/h8-15,19,23,26,39H,16-18H2,1-7H3,(H,34,35,36)/t23-,26?/m1/s1. The first-order valence-electron chi connectivity index (χ1n) is 14.7. The summed E-state index contributed by atoms with van der Waals surface area (Å²) < 4.78 is 34.9. The van der Waals surface area contributed by atoms with Crippen LogP contribution in [0.15, 0.2) is 53.4 Å². The molecule has 0 saturated carbocycles. The fraction of sp³-hybridized carbons (Fsp3) is 0.438. The van der Waals surface area contributed by atoms with Crippen molar-refractivity contribution in [2.24, 2.45) is 5.92 Å². The van der Waals surface area contributed by atoms with Gasteiger partial charge >= 0.3 is 6.09 Å². The first kappa shape index (κ1) is 34.1. The van der Waals surface area contributed by atoms with Gasteiger partial charge in [-0.3, -0.25) is 4.79 Å². The predicted molar refractivity (Wildman–Crippen MR) is 173 cm³/mol. The van der Waals surface area contributed by atoms with E-state index in [1.807, 2.05) is 45.9 Å². The van der Waals surface area contributed by atoms with Gasteiger partial charge in [-0.25, -0.2) is 27.9 Å². The molecule has 0 bridgehead atoms. The van der Waals surface area contributed by atoms with Gasteiger partial charge in [0.2, 0.25) is 5.95 Å². The van der Waals surface area contributed by atoms with E-state index in [0.717, 1.165) is 16.7 Å². The van der Waals surface area contributed by atoms with Crippen LogP contribution in [0.1, 0.15) is 56.1 Å². The number of halogens is 1. The molecule has 2 aromatic carbocycles. The molecular formula is C32H40ClN5O6S. The monoisotopic (exact) mass is 657 g/mol. The van der Waals surface area contributed by atoms with Crippen molar-refractivity contribution in [2.45, 2.75) is 71.1 Å². The fourth-order valence-corrected chi connectivity index (χ4v) is 6.48. The third kappa shape index (κ3) is 8.30. The van der Waals surface area contributed by atoms with Crippen molar-refractivity contribution in [3.8, 4) is 11.3 Å². The zero-order chi connectivity index (χ0) is 33.3.